The Morgan fingerprint density at radius 1 is 1.00 bits per heavy atom. The van der Waals surface area contributed by atoms with Crippen LogP contribution in [0.2, 0.25) is 0 Å². The number of hydrogen-bond acceptors (Lipinski definition) is 5. The van der Waals surface area contributed by atoms with Gasteiger partial charge in [0.2, 0.25) is 0 Å². The molecule has 5 nitrogen and oxygen atoms in total. The maximum absolute atomic E-state index is 12.4. The number of nitrogens with zero attached hydrogens (tertiary/aromatic N) is 1. The summed E-state index contributed by atoms with van der Waals surface area (Å²) in [6.45, 7) is 2.74. The normalized spacial score (nSPS) is 11.2. The molecule has 0 aliphatic rings. The molecule has 5 heteroatoms. The molecular weight excluding hydrogens is 378 g/mol. The predicted molar refractivity (Wildman–Crippen MR) is 119 cm³/mol. The lowest BCUT2D eigenvalue weighted by Crippen LogP contribution is -1.94. The van der Waals surface area contributed by atoms with Crippen LogP contribution in [0.15, 0.2) is 77.8 Å². The number of phenolic OH excluding ortho intramolecular Hbond substituents is 2. The molecule has 30 heavy (non-hydrogen) atoms. The molecule has 0 atom stereocenters. The zero-order chi connectivity index (χ0) is 21.3. The van der Waals surface area contributed by atoms with E-state index in [-0.39, 0.29) is 17.3 Å². The van der Waals surface area contributed by atoms with Crippen LogP contribution in [0.5, 0.6) is 17.2 Å². The summed E-state index contributed by atoms with van der Waals surface area (Å²) in [6.07, 6.45) is 5.76. The Balaban J connectivity index is 1.61. The van der Waals surface area contributed by atoms with E-state index in [2.05, 4.69) is 11.9 Å². The van der Waals surface area contributed by atoms with Crippen molar-refractivity contribution < 1.29 is 19.7 Å². The highest BCUT2D eigenvalue weighted by Gasteiger charge is 2.03. The Hall–Kier alpha value is -3.86. The van der Waals surface area contributed by atoms with Gasteiger partial charge >= 0.3 is 0 Å². The number of ketones is 1. The van der Waals surface area contributed by atoms with Crippen molar-refractivity contribution in [2.75, 3.05) is 6.61 Å². The Bertz CT molecular complexity index is 1050. The van der Waals surface area contributed by atoms with Crippen molar-refractivity contribution in [1.82, 2.24) is 0 Å². The second-order valence-corrected chi connectivity index (χ2v) is 6.66. The summed E-state index contributed by atoms with van der Waals surface area (Å²) >= 11 is 0. The van der Waals surface area contributed by atoms with E-state index in [0.717, 1.165) is 17.7 Å². The van der Waals surface area contributed by atoms with Gasteiger partial charge in [-0.15, -0.1) is 0 Å². The van der Waals surface area contributed by atoms with Crippen molar-refractivity contribution >= 4 is 23.8 Å². The smallest absolute Gasteiger partial charge is 0.185 e. The fraction of sp³-hybridized carbons (Fsp3) is 0.120. The minimum Gasteiger partial charge on any atom is -0.508 e. The van der Waals surface area contributed by atoms with E-state index in [1.54, 1.807) is 36.4 Å². The Kier molecular flexibility index (Phi) is 7.00. The van der Waals surface area contributed by atoms with Crippen LogP contribution in [0.3, 0.4) is 0 Å². The first-order chi connectivity index (χ1) is 14.5. The van der Waals surface area contributed by atoms with E-state index in [1.807, 2.05) is 24.3 Å². The molecular formula is C25H23NO4. The topological polar surface area (TPSA) is 79.1 Å². The van der Waals surface area contributed by atoms with Crippen molar-refractivity contribution in [3.05, 3.63) is 89.5 Å². The monoisotopic (exact) mass is 401 g/mol. The summed E-state index contributed by atoms with van der Waals surface area (Å²) in [5.41, 5.74) is 2.61. The zero-order valence-corrected chi connectivity index (χ0v) is 16.7. The molecule has 0 aliphatic carbocycles. The molecule has 0 heterocycles. The largest absolute Gasteiger partial charge is 0.508 e. The Morgan fingerprint density at radius 3 is 2.40 bits per heavy atom. The van der Waals surface area contributed by atoms with Crippen molar-refractivity contribution in [1.29, 1.82) is 0 Å². The molecule has 0 unspecified atom stereocenters. The number of hydrogen-bond donors (Lipinski definition) is 2. The fourth-order valence-electron chi connectivity index (χ4n) is 2.66. The number of allylic oxidation sites excluding steroid dienone is 1. The number of ether oxygens (including phenoxy) is 1. The molecule has 3 aromatic rings. The van der Waals surface area contributed by atoms with Gasteiger partial charge in [-0.25, -0.2) is 0 Å². The first-order valence-electron chi connectivity index (χ1n) is 9.66. The highest BCUT2D eigenvalue weighted by molar-refractivity contribution is 6.07. The van der Waals surface area contributed by atoms with Crippen LogP contribution in [-0.2, 0) is 0 Å². The first-order valence-corrected chi connectivity index (χ1v) is 9.66. The summed E-state index contributed by atoms with van der Waals surface area (Å²) in [5, 5.41) is 19.1. The van der Waals surface area contributed by atoms with Gasteiger partial charge in [0, 0.05) is 23.4 Å². The molecule has 0 saturated carbocycles. The minimum atomic E-state index is -0.104. The predicted octanol–water partition coefficient (Wildman–Crippen LogP) is 5.53. The standard InChI is InChI=1S/C25H23NO4/c1-2-15-30-23-12-3-18(4-13-23)5-14-24(28)19-6-9-21(10-7-19)26-17-20-8-11-22(27)16-25(20)29/h3-14,16-17,27,29H,2,15H2,1H3. The summed E-state index contributed by atoms with van der Waals surface area (Å²) in [4.78, 5) is 16.7. The molecule has 0 fully saturated rings. The number of carbonyl (C=O) groups is 1. The van der Waals surface area contributed by atoms with E-state index in [1.165, 1.54) is 24.4 Å². The van der Waals surface area contributed by atoms with Gasteiger partial charge in [-0.1, -0.05) is 25.1 Å². The molecule has 0 aliphatic heterocycles. The van der Waals surface area contributed by atoms with E-state index >= 15 is 0 Å². The molecule has 0 spiro atoms. The second kappa shape index (κ2) is 10.1. The van der Waals surface area contributed by atoms with Gasteiger partial charge in [-0.05, 0) is 66.6 Å². The highest BCUT2D eigenvalue weighted by atomic mass is 16.5. The van der Waals surface area contributed by atoms with Crippen LogP contribution >= 0.6 is 0 Å². The lowest BCUT2D eigenvalue weighted by Gasteiger charge is -2.04. The summed E-state index contributed by atoms with van der Waals surface area (Å²) < 4.78 is 5.55. The second-order valence-electron chi connectivity index (χ2n) is 6.66. The number of phenols is 2. The zero-order valence-electron chi connectivity index (χ0n) is 16.7. The summed E-state index contributed by atoms with van der Waals surface area (Å²) in [7, 11) is 0. The lowest BCUT2D eigenvalue weighted by molar-refractivity contribution is 0.104. The van der Waals surface area contributed by atoms with Crippen molar-refractivity contribution in [2.45, 2.75) is 13.3 Å². The molecule has 0 bridgehead atoms. The molecule has 0 aromatic heterocycles. The first kappa shape index (κ1) is 20.9. The van der Waals surface area contributed by atoms with Crippen LogP contribution in [0.25, 0.3) is 6.08 Å². The molecule has 0 radical (unpaired) electrons. The quantitative estimate of drug-likeness (QED) is 0.295. The SMILES string of the molecule is CCCOc1ccc(C=CC(=O)c2ccc(N=Cc3ccc(O)cc3O)cc2)cc1. The average molecular weight is 401 g/mol. The van der Waals surface area contributed by atoms with E-state index < -0.39 is 0 Å². The van der Waals surface area contributed by atoms with Gasteiger partial charge in [-0.3, -0.25) is 9.79 Å². The molecule has 0 saturated heterocycles. The number of benzene rings is 3. The van der Waals surface area contributed by atoms with Gasteiger partial charge in [-0.2, -0.15) is 0 Å². The number of rotatable bonds is 8. The fourth-order valence-corrected chi connectivity index (χ4v) is 2.66. The van der Waals surface area contributed by atoms with E-state index in [4.69, 9.17) is 4.74 Å². The van der Waals surface area contributed by atoms with E-state index in [0.29, 0.717) is 23.4 Å². The van der Waals surface area contributed by atoms with Crippen LogP contribution in [0, 0.1) is 0 Å². The highest BCUT2D eigenvalue weighted by Crippen LogP contribution is 2.22. The summed E-state index contributed by atoms with van der Waals surface area (Å²) in [5.74, 6) is 0.645. The van der Waals surface area contributed by atoms with Gasteiger partial charge in [0.1, 0.15) is 17.2 Å². The third-order valence-electron chi connectivity index (χ3n) is 4.30. The van der Waals surface area contributed by atoms with Crippen LogP contribution in [0.4, 0.5) is 5.69 Å². The molecule has 2 N–H and O–H groups in total. The van der Waals surface area contributed by atoms with Crippen LogP contribution in [0.1, 0.15) is 34.8 Å². The maximum atomic E-state index is 12.4. The Labute approximate surface area is 175 Å². The van der Waals surface area contributed by atoms with Crippen molar-refractivity contribution in [3.8, 4) is 17.2 Å². The molecule has 3 aromatic carbocycles. The Morgan fingerprint density at radius 2 is 1.73 bits per heavy atom. The third kappa shape index (κ3) is 5.82. The molecule has 0 amide bonds. The van der Waals surface area contributed by atoms with Gasteiger partial charge in [0.15, 0.2) is 5.78 Å². The van der Waals surface area contributed by atoms with Gasteiger partial charge in [0.05, 0.1) is 12.3 Å². The number of aliphatic imine (C=N–C) groups is 1. The van der Waals surface area contributed by atoms with Gasteiger partial charge < -0.3 is 14.9 Å². The molecule has 152 valence electrons. The number of carbonyl (C=O) groups excluding carboxylic acids is 1. The van der Waals surface area contributed by atoms with Gasteiger partial charge in [0.25, 0.3) is 0 Å². The van der Waals surface area contributed by atoms with Crippen molar-refractivity contribution in [3.63, 3.8) is 0 Å². The summed E-state index contributed by atoms with van der Waals surface area (Å²) in [6, 6.07) is 18.8. The lowest BCUT2D eigenvalue weighted by atomic mass is 10.1. The van der Waals surface area contributed by atoms with Crippen LogP contribution < -0.4 is 4.74 Å². The van der Waals surface area contributed by atoms with Crippen molar-refractivity contribution in [2.24, 2.45) is 4.99 Å². The third-order valence-corrected chi connectivity index (χ3v) is 4.30. The maximum Gasteiger partial charge on any atom is 0.185 e. The van der Waals surface area contributed by atoms with E-state index in [9.17, 15) is 15.0 Å². The van der Waals surface area contributed by atoms with Crippen LogP contribution in [-0.4, -0.2) is 28.8 Å². The average Bonchev–Trinajstić information content (AvgIpc) is 2.76. The minimum absolute atomic E-state index is 0.0126. The molecule has 3 rings (SSSR count). The number of aromatic hydroxyl groups is 2.